The van der Waals surface area contributed by atoms with Gasteiger partial charge < -0.3 is 5.32 Å². The van der Waals surface area contributed by atoms with Crippen LogP contribution in [0.25, 0.3) is 10.9 Å². The Bertz CT molecular complexity index is 836. The number of anilines is 2. The first kappa shape index (κ1) is 14.7. The van der Waals surface area contributed by atoms with Gasteiger partial charge in [-0.1, -0.05) is 46.4 Å². The molecule has 0 atom stereocenters. The minimum atomic E-state index is 0.176. The molecule has 0 aliphatic carbocycles. The molecule has 0 radical (unpaired) electrons. The summed E-state index contributed by atoms with van der Waals surface area (Å²) in [5.74, 6) is 0.403. The Morgan fingerprint density at radius 1 is 0.905 bits per heavy atom. The summed E-state index contributed by atoms with van der Waals surface area (Å²) in [4.78, 5) is 8.46. The Morgan fingerprint density at radius 2 is 1.71 bits per heavy atom. The normalized spacial score (nSPS) is 10.9. The molecule has 0 amide bonds. The molecule has 0 aliphatic rings. The number of nitrogens with one attached hydrogen (secondary N) is 1. The van der Waals surface area contributed by atoms with Crippen LogP contribution in [0.4, 0.5) is 11.5 Å². The first-order chi connectivity index (χ1) is 10.1. The van der Waals surface area contributed by atoms with E-state index in [2.05, 4.69) is 15.3 Å². The fraction of sp³-hybridized carbons (Fsp3) is 0. The maximum absolute atomic E-state index is 6.16. The molecule has 0 saturated heterocycles. The number of halogens is 4. The summed E-state index contributed by atoms with van der Waals surface area (Å²) in [6, 6.07) is 8.83. The molecule has 7 heteroatoms. The van der Waals surface area contributed by atoms with Crippen LogP contribution in [-0.2, 0) is 0 Å². The lowest BCUT2D eigenvalue weighted by molar-refractivity contribution is 1.30. The maximum atomic E-state index is 6.16. The maximum Gasteiger partial charge on any atom is 0.151 e. The quantitative estimate of drug-likeness (QED) is 0.572. The van der Waals surface area contributed by atoms with Crippen molar-refractivity contribution in [2.75, 3.05) is 5.32 Å². The number of hydrogen-bond donors (Lipinski definition) is 1. The molecule has 3 rings (SSSR count). The van der Waals surface area contributed by atoms with Gasteiger partial charge in [0.05, 0.1) is 26.3 Å². The van der Waals surface area contributed by atoms with Gasteiger partial charge in [0.15, 0.2) is 5.82 Å². The zero-order valence-corrected chi connectivity index (χ0v) is 13.4. The van der Waals surface area contributed by atoms with Gasteiger partial charge in [0.25, 0.3) is 0 Å². The summed E-state index contributed by atoms with van der Waals surface area (Å²) in [6.07, 6.45) is 1.69. The number of nitrogens with zero attached hydrogens (tertiary/aromatic N) is 2. The third-order valence-corrected chi connectivity index (χ3v) is 4.15. The van der Waals surface area contributed by atoms with Crippen LogP contribution in [0.5, 0.6) is 0 Å². The summed E-state index contributed by atoms with van der Waals surface area (Å²) >= 11 is 24.1. The molecule has 0 spiro atoms. The molecule has 0 saturated carbocycles. The van der Waals surface area contributed by atoms with Crippen LogP contribution in [0.2, 0.25) is 20.2 Å². The zero-order chi connectivity index (χ0) is 15.0. The molecule has 3 nitrogen and oxygen atoms in total. The minimum Gasteiger partial charge on any atom is -0.337 e. The lowest BCUT2D eigenvalue weighted by Gasteiger charge is -2.11. The van der Waals surface area contributed by atoms with Crippen LogP contribution in [0.1, 0.15) is 0 Å². The van der Waals surface area contributed by atoms with E-state index in [9.17, 15) is 0 Å². The standard InChI is InChI=1S/C14H7Cl4N3/c15-8-3-4-11(12-7(8)2-1-5-19-12)20-14-10(17)6-9(16)13(18)21-14/h1-6H,(H,20,21). The number of benzene rings is 1. The molecule has 2 heterocycles. The van der Waals surface area contributed by atoms with Gasteiger partial charge in [0, 0.05) is 11.6 Å². The molecule has 1 aromatic carbocycles. The van der Waals surface area contributed by atoms with Crippen molar-refractivity contribution >= 4 is 68.8 Å². The Balaban J connectivity index is 2.11. The molecule has 1 N–H and O–H groups in total. The molecule has 0 unspecified atom stereocenters. The van der Waals surface area contributed by atoms with Crippen LogP contribution in [-0.4, -0.2) is 9.97 Å². The Kier molecular flexibility index (Phi) is 4.09. The smallest absolute Gasteiger partial charge is 0.151 e. The fourth-order valence-electron chi connectivity index (χ4n) is 1.90. The predicted octanol–water partition coefficient (Wildman–Crippen LogP) is 5.99. The molecule has 106 valence electrons. The highest BCUT2D eigenvalue weighted by molar-refractivity contribution is 6.43. The van der Waals surface area contributed by atoms with Gasteiger partial charge in [-0.3, -0.25) is 4.98 Å². The van der Waals surface area contributed by atoms with Crippen molar-refractivity contribution in [2.24, 2.45) is 0 Å². The Morgan fingerprint density at radius 3 is 2.52 bits per heavy atom. The molecule has 21 heavy (non-hydrogen) atoms. The van der Waals surface area contributed by atoms with Crippen molar-refractivity contribution in [3.63, 3.8) is 0 Å². The second-order valence-electron chi connectivity index (χ2n) is 4.21. The largest absolute Gasteiger partial charge is 0.337 e. The summed E-state index contributed by atoms with van der Waals surface area (Å²) in [6.45, 7) is 0. The fourth-order valence-corrected chi connectivity index (χ4v) is 2.66. The van der Waals surface area contributed by atoms with Gasteiger partial charge in [-0.25, -0.2) is 4.98 Å². The van der Waals surface area contributed by atoms with E-state index in [0.717, 1.165) is 11.1 Å². The highest BCUT2D eigenvalue weighted by Gasteiger charge is 2.11. The summed E-state index contributed by atoms with van der Waals surface area (Å²) in [5.41, 5.74) is 1.44. The molecule has 0 bridgehead atoms. The van der Waals surface area contributed by atoms with Gasteiger partial charge in [-0.05, 0) is 30.3 Å². The molecule has 0 fully saturated rings. The van der Waals surface area contributed by atoms with Crippen molar-refractivity contribution in [1.29, 1.82) is 0 Å². The van der Waals surface area contributed by atoms with Crippen molar-refractivity contribution < 1.29 is 0 Å². The van der Waals surface area contributed by atoms with Crippen LogP contribution in [0.15, 0.2) is 36.5 Å². The van der Waals surface area contributed by atoms with E-state index in [1.807, 2.05) is 12.1 Å². The molecule has 2 aromatic heterocycles. The summed E-state index contributed by atoms with van der Waals surface area (Å²) < 4.78 is 0. The van der Waals surface area contributed by atoms with Crippen molar-refractivity contribution in [3.8, 4) is 0 Å². The average molecular weight is 359 g/mol. The van der Waals surface area contributed by atoms with Gasteiger partial charge >= 0.3 is 0 Å². The van der Waals surface area contributed by atoms with Gasteiger partial charge in [-0.2, -0.15) is 0 Å². The number of pyridine rings is 2. The minimum absolute atomic E-state index is 0.176. The van der Waals surface area contributed by atoms with Crippen molar-refractivity contribution in [3.05, 3.63) is 56.7 Å². The molecule has 3 aromatic rings. The SMILES string of the molecule is Clc1cc(Cl)c(Nc2ccc(Cl)c3cccnc23)nc1Cl. The van der Waals surface area contributed by atoms with E-state index < -0.39 is 0 Å². The third-order valence-electron chi connectivity index (χ3n) is 2.86. The number of fused-ring (bicyclic) bond motifs is 1. The lowest BCUT2D eigenvalue weighted by Crippen LogP contribution is -1.97. The Hall–Kier alpha value is -1.26. The summed E-state index contributed by atoms with van der Waals surface area (Å²) in [7, 11) is 0. The van der Waals surface area contributed by atoms with Gasteiger partial charge in [0.1, 0.15) is 5.15 Å². The van der Waals surface area contributed by atoms with Crippen LogP contribution < -0.4 is 5.32 Å². The first-order valence-corrected chi connectivity index (χ1v) is 7.39. The van der Waals surface area contributed by atoms with E-state index in [1.54, 1.807) is 18.3 Å². The highest BCUT2D eigenvalue weighted by Crippen LogP contribution is 2.34. The van der Waals surface area contributed by atoms with Crippen molar-refractivity contribution in [2.45, 2.75) is 0 Å². The van der Waals surface area contributed by atoms with Gasteiger partial charge in [-0.15, -0.1) is 0 Å². The summed E-state index contributed by atoms with van der Waals surface area (Å²) in [5, 5.41) is 5.40. The van der Waals surface area contributed by atoms with Crippen LogP contribution >= 0.6 is 46.4 Å². The zero-order valence-electron chi connectivity index (χ0n) is 10.4. The monoisotopic (exact) mass is 357 g/mol. The van der Waals surface area contributed by atoms with E-state index >= 15 is 0 Å². The predicted molar refractivity (Wildman–Crippen MR) is 89.3 cm³/mol. The molecule has 0 aliphatic heterocycles. The van der Waals surface area contributed by atoms with E-state index in [1.165, 1.54) is 6.07 Å². The first-order valence-electron chi connectivity index (χ1n) is 5.88. The number of hydrogen-bond acceptors (Lipinski definition) is 3. The van der Waals surface area contributed by atoms with E-state index in [0.29, 0.717) is 26.4 Å². The van der Waals surface area contributed by atoms with Crippen LogP contribution in [0, 0.1) is 0 Å². The second kappa shape index (κ2) is 5.85. The van der Waals surface area contributed by atoms with Gasteiger partial charge in [0.2, 0.25) is 0 Å². The Labute approximate surface area is 140 Å². The topological polar surface area (TPSA) is 37.8 Å². The van der Waals surface area contributed by atoms with Crippen molar-refractivity contribution in [1.82, 2.24) is 9.97 Å². The molecular weight excluding hydrogens is 352 g/mol. The second-order valence-corrected chi connectivity index (χ2v) is 5.79. The number of rotatable bonds is 2. The average Bonchev–Trinajstić information content (AvgIpc) is 2.48. The highest BCUT2D eigenvalue weighted by atomic mass is 35.5. The molecular formula is C14H7Cl4N3. The number of aromatic nitrogens is 2. The lowest BCUT2D eigenvalue weighted by atomic mass is 10.2. The third kappa shape index (κ3) is 2.87. The van der Waals surface area contributed by atoms with E-state index in [-0.39, 0.29) is 5.15 Å². The van der Waals surface area contributed by atoms with Crippen LogP contribution in [0.3, 0.4) is 0 Å². The van der Waals surface area contributed by atoms with E-state index in [4.69, 9.17) is 46.4 Å².